The maximum absolute atomic E-state index is 12.4. The van der Waals surface area contributed by atoms with Gasteiger partial charge in [0.05, 0.1) is 17.1 Å². The zero-order valence-corrected chi connectivity index (χ0v) is 15.8. The largest absolute Gasteiger partial charge is 0.473 e. The molecule has 0 saturated carbocycles. The summed E-state index contributed by atoms with van der Waals surface area (Å²) in [4.78, 5) is 23.2. The molecule has 2 heterocycles. The number of aromatic nitrogens is 2. The van der Waals surface area contributed by atoms with Gasteiger partial charge in [-0.1, -0.05) is 12.1 Å². The number of amides is 1. The van der Waals surface area contributed by atoms with Crippen LogP contribution in [-0.4, -0.2) is 52.8 Å². The van der Waals surface area contributed by atoms with Gasteiger partial charge in [-0.2, -0.15) is 0 Å². The van der Waals surface area contributed by atoms with E-state index in [-0.39, 0.29) is 12.1 Å². The van der Waals surface area contributed by atoms with Gasteiger partial charge in [-0.3, -0.25) is 0 Å². The lowest BCUT2D eigenvalue weighted by Gasteiger charge is -2.28. The Kier molecular flexibility index (Phi) is 5.15. The van der Waals surface area contributed by atoms with E-state index < -0.39 is 5.60 Å². The SMILES string of the molecule is CNc1nc2ccccc2nc1OC[C@@H]1CCCN1C(=O)OC(C)(C)C. The summed E-state index contributed by atoms with van der Waals surface area (Å²) in [6.45, 7) is 6.66. The second kappa shape index (κ2) is 7.35. The molecule has 1 aromatic carbocycles. The van der Waals surface area contributed by atoms with Crippen molar-refractivity contribution in [2.24, 2.45) is 0 Å². The van der Waals surface area contributed by atoms with Crippen LogP contribution in [0.25, 0.3) is 11.0 Å². The Balaban J connectivity index is 1.71. The molecule has 1 amide bonds. The minimum Gasteiger partial charge on any atom is -0.473 e. The van der Waals surface area contributed by atoms with Gasteiger partial charge in [-0.15, -0.1) is 0 Å². The third-order valence-corrected chi connectivity index (χ3v) is 4.19. The van der Waals surface area contributed by atoms with Crippen LogP contribution in [0.3, 0.4) is 0 Å². The van der Waals surface area contributed by atoms with Crippen LogP contribution in [0.5, 0.6) is 5.88 Å². The van der Waals surface area contributed by atoms with E-state index in [4.69, 9.17) is 9.47 Å². The van der Waals surface area contributed by atoms with Crippen molar-refractivity contribution >= 4 is 22.9 Å². The lowest BCUT2D eigenvalue weighted by Crippen LogP contribution is -2.42. The number of carbonyl (C=O) groups is 1. The van der Waals surface area contributed by atoms with Gasteiger partial charge < -0.3 is 19.7 Å². The van der Waals surface area contributed by atoms with Gasteiger partial charge in [0.25, 0.3) is 5.88 Å². The molecule has 0 spiro atoms. The standard InChI is InChI=1S/C19H26N4O3/c1-19(2,3)26-18(24)23-11-7-8-13(23)12-25-17-16(20-4)21-14-9-5-6-10-15(14)22-17/h5-6,9-10,13H,7-8,11-12H2,1-4H3,(H,20,21)/t13-/m0/s1. The molecule has 3 rings (SSSR count). The molecule has 26 heavy (non-hydrogen) atoms. The minimum absolute atomic E-state index is 0.0252. The zero-order valence-electron chi connectivity index (χ0n) is 15.8. The van der Waals surface area contributed by atoms with Crippen molar-refractivity contribution in [1.82, 2.24) is 14.9 Å². The number of likely N-dealkylation sites (tertiary alicyclic amines) is 1. The maximum atomic E-state index is 12.4. The smallest absolute Gasteiger partial charge is 0.410 e. The molecule has 1 aliphatic rings. The number of hydrogen-bond acceptors (Lipinski definition) is 6. The highest BCUT2D eigenvalue weighted by Gasteiger charge is 2.32. The third-order valence-electron chi connectivity index (χ3n) is 4.19. The highest BCUT2D eigenvalue weighted by Crippen LogP contribution is 2.25. The first-order chi connectivity index (χ1) is 12.4. The van der Waals surface area contributed by atoms with Gasteiger partial charge in [-0.05, 0) is 45.7 Å². The number of ether oxygens (including phenoxy) is 2. The van der Waals surface area contributed by atoms with E-state index in [0.717, 1.165) is 23.9 Å². The first-order valence-electron chi connectivity index (χ1n) is 8.94. The molecular formula is C19H26N4O3. The lowest BCUT2D eigenvalue weighted by atomic mass is 10.2. The highest BCUT2D eigenvalue weighted by molar-refractivity contribution is 5.77. The van der Waals surface area contributed by atoms with Crippen LogP contribution >= 0.6 is 0 Å². The van der Waals surface area contributed by atoms with Crippen molar-refractivity contribution in [2.45, 2.75) is 45.3 Å². The van der Waals surface area contributed by atoms with Gasteiger partial charge in [0.2, 0.25) is 0 Å². The Morgan fingerprint density at radius 2 is 1.96 bits per heavy atom. The van der Waals surface area contributed by atoms with Crippen LogP contribution in [0.1, 0.15) is 33.6 Å². The van der Waals surface area contributed by atoms with Crippen molar-refractivity contribution in [3.8, 4) is 5.88 Å². The van der Waals surface area contributed by atoms with Crippen LogP contribution in [0.15, 0.2) is 24.3 Å². The number of anilines is 1. The Morgan fingerprint density at radius 1 is 1.27 bits per heavy atom. The summed E-state index contributed by atoms with van der Waals surface area (Å²) >= 11 is 0. The predicted octanol–water partition coefficient (Wildman–Crippen LogP) is 3.45. The molecule has 1 fully saturated rings. The zero-order chi connectivity index (χ0) is 18.7. The van der Waals surface area contributed by atoms with Crippen molar-refractivity contribution < 1.29 is 14.3 Å². The van der Waals surface area contributed by atoms with Crippen LogP contribution in [0, 0.1) is 0 Å². The number of nitrogens with zero attached hydrogens (tertiary/aromatic N) is 3. The average molecular weight is 358 g/mol. The van der Waals surface area contributed by atoms with E-state index in [1.54, 1.807) is 11.9 Å². The summed E-state index contributed by atoms with van der Waals surface area (Å²) in [6.07, 6.45) is 1.53. The molecule has 0 unspecified atom stereocenters. The Bertz CT molecular complexity index is 788. The van der Waals surface area contributed by atoms with E-state index in [9.17, 15) is 4.79 Å². The van der Waals surface area contributed by atoms with Gasteiger partial charge in [0, 0.05) is 13.6 Å². The molecule has 2 aromatic rings. The molecule has 7 nitrogen and oxygen atoms in total. The Morgan fingerprint density at radius 3 is 2.62 bits per heavy atom. The molecule has 140 valence electrons. The summed E-state index contributed by atoms with van der Waals surface area (Å²) in [5.41, 5.74) is 1.08. The van der Waals surface area contributed by atoms with Gasteiger partial charge in [0.15, 0.2) is 5.82 Å². The monoisotopic (exact) mass is 358 g/mol. The first-order valence-corrected chi connectivity index (χ1v) is 8.94. The molecule has 0 aliphatic carbocycles. The quantitative estimate of drug-likeness (QED) is 0.902. The fourth-order valence-corrected chi connectivity index (χ4v) is 2.99. The van der Waals surface area contributed by atoms with E-state index in [0.29, 0.717) is 24.8 Å². The summed E-state index contributed by atoms with van der Waals surface area (Å²) in [7, 11) is 1.79. The summed E-state index contributed by atoms with van der Waals surface area (Å²) < 4.78 is 11.4. The first kappa shape index (κ1) is 18.2. The van der Waals surface area contributed by atoms with Crippen molar-refractivity contribution in [3.63, 3.8) is 0 Å². The van der Waals surface area contributed by atoms with Crippen molar-refractivity contribution in [3.05, 3.63) is 24.3 Å². The minimum atomic E-state index is -0.506. The van der Waals surface area contributed by atoms with Crippen LogP contribution in [0.2, 0.25) is 0 Å². The number of fused-ring (bicyclic) bond motifs is 1. The predicted molar refractivity (Wildman–Crippen MR) is 101 cm³/mol. The van der Waals surface area contributed by atoms with Gasteiger partial charge in [0.1, 0.15) is 12.2 Å². The average Bonchev–Trinajstić information content (AvgIpc) is 3.06. The molecule has 1 saturated heterocycles. The molecule has 1 atom stereocenters. The molecule has 1 N–H and O–H groups in total. The van der Waals surface area contributed by atoms with E-state index in [2.05, 4.69) is 15.3 Å². The van der Waals surface area contributed by atoms with E-state index in [1.807, 2.05) is 45.0 Å². The fourth-order valence-electron chi connectivity index (χ4n) is 2.99. The Hall–Kier alpha value is -2.57. The fraction of sp³-hybridized carbons (Fsp3) is 0.526. The number of rotatable bonds is 4. The highest BCUT2D eigenvalue weighted by atomic mass is 16.6. The van der Waals surface area contributed by atoms with Gasteiger partial charge in [-0.25, -0.2) is 14.8 Å². The second-order valence-corrected chi connectivity index (χ2v) is 7.40. The lowest BCUT2D eigenvalue weighted by molar-refractivity contribution is 0.0186. The number of benzene rings is 1. The van der Waals surface area contributed by atoms with Gasteiger partial charge >= 0.3 is 6.09 Å². The van der Waals surface area contributed by atoms with E-state index in [1.165, 1.54) is 0 Å². The van der Waals surface area contributed by atoms with Crippen LogP contribution in [-0.2, 0) is 4.74 Å². The Labute approximate surface area is 153 Å². The van der Waals surface area contributed by atoms with Crippen LogP contribution in [0.4, 0.5) is 10.6 Å². The third kappa shape index (κ3) is 4.15. The molecule has 1 aromatic heterocycles. The number of nitrogens with one attached hydrogen (secondary N) is 1. The second-order valence-electron chi connectivity index (χ2n) is 7.40. The summed E-state index contributed by atoms with van der Waals surface area (Å²) in [5, 5.41) is 3.02. The van der Waals surface area contributed by atoms with Crippen molar-refractivity contribution in [2.75, 3.05) is 25.5 Å². The molecule has 0 bridgehead atoms. The van der Waals surface area contributed by atoms with Crippen molar-refractivity contribution in [1.29, 1.82) is 0 Å². The summed E-state index contributed by atoms with van der Waals surface area (Å²) in [5.74, 6) is 1.03. The summed E-state index contributed by atoms with van der Waals surface area (Å²) in [6, 6.07) is 7.63. The number of para-hydroxylation sites is 2. The molecular weight excluding hydrogens is 332 g/mol. The molecule has 7 heteroatoms. The number of carbonyl (C=O) groups excluding carboxylic acids is 1. The maximum Gasteiger partial charge on any atom is 0.410 e. The van der Waals surface area contributed by atoms with Crippen LogP contribution < -0.4 is 10.1 Å². The molecule has 1 aliphatic heterocycles. The molecule has 0 radical (unpaired) electrons. The van der Waals surface area contributed by atoms with E-state index >= 15 is 0 Å². The normalized spacial score (nSPS) is 17.4. The number of hydrogen-bond donors (Lipinski definition) is 1. The topological polar surface area (TPSA) is 76.6 Å².